The molecule has 0 fully saturated rings. The highest BCUT2D eigenvalue weighted by Crippen LogP contribution is 2.34. The molecule has 3 aromatic carbocycles. The Hall–Kier alpha value is -3.80. The highest BCUT2D eigenvalue weighted by molar-refractivity contribution is 6.05. The van der Waals surface area contributed by atoms with Crippen LogP contribution in [0.4, 0.5) is 11.4 Å². The molecule has 0 saturated carbocycles. The number of nitrogens with zero attached hydrogens (tertiary/aromatic N) is 1. The molecular weight excluding hydrogens is 428 g/mol. The summed E-state index contributed by atoms with van der Waals surface area (Å²) in [6, 6.07) is 20.7. The summed E-state index contributed by atoms with van der Waals surface area (Å²) in [4.78, 5) is 26.8. The van der Waals surface area contributed by atoms with Gasteiger partial charge in [-0.2, -0.15) is 0 Å². The third kappa shape index (κ3) is 5.39. The monoisotopic (exact) mass is 458 g/mol. The van der Waals surface area contributed by atoms with E-state index in [0.29, 0.717) is 35.8 Å². The van der Waals surface area contributed by atoms with Crippen LogP contribution in [0, 0.1) is 6.92 Å². The first-order valence-electron chi connectivity index (χ1n) is 11.4. The summed E-state index contributed by atoms with van der Waals surface area (Å²) >= 11 is 0. The number of carbonyl (C=O) groups is 2. The molecule has 0 atom stereocenters. The Morgan fingerprint density at radius 2 is 1.74 bits per heavy atom. The summed E-state index contributed by atoms with van der Waals surface area (Å²) in [5.74, 6) is 0.988. The molecule has 0 saturated heterocycles. The third-order valence-corrected chi connectivity index (χ3v) is 5.78. The second kappa shape index (κ2) is 9.59. The Morgan fingerprint density at radius 1 is 1.03 bits per heavy atom. The van der Waals surface area contributed by atoms with Crippen LogP contribution >= 0.6 is 0 Å². The largest absolute Gasteiger partial charge is 0.492 e. The summed E-state index contributed by atoms with van der Waals surface area (Å²) in [6.07, 6.45) is 0. The van der Waals surface area contributed by atoms with Crippen LogP contribution in [0.3, 0.4) is 0 Å². The summed E-state index contributed by atoms with van der Waals surface area (Å²) in [6.45, 7) is 9.13. The number of hydrogen-bond acceptors (Lipinski definition) is 4. The van der Waals surface area contributed by atoms with Crippen LogP contribution in [0.1, 0.15) is 42.3 Å². The highest BCUT2D eigenvalue weighted by atomic mass is 16.5. The zero-order valence-corrected chi connectivity index (χ0v) is 20.1. The maximum Gasteiger partial charge on any atom is 0.265 e. The van der Waals surface area contributed by atoms with Crippen LogP contribution in [0.15, 0.2) is 66.7 Å². The number of anilines is 2. The first-order valence-corrected chi connectivity index (χ1v) is 11.4. The number of ether oxygens (including phenoxy) is 2. The Labute approximate surface area is 200 Å². The van der Waals surface area contributed by atoms with Crippen molar-refractivity contribution in [3.8, 4) is 11.5 Å². The highest BCUT2D eigenvalue weighted by Gasteiger charge is 2.26. The van der Waals surface area contributed by atoms with Crippen LogP contribution in [0.25, 0.3) is 0 Å². The van der Waals surface area contributed by atoms with Crippen LogP contribution in [-0.2, 0) is 10.2 Å². The van der Waals surface area contributed by atoms with E-state index in [0.717, 1.165) is 11.3 Å². The maximum atomic E-state index is 12.7. The Bertz CT molecular complexity index is 1180. The molecule has 0 radical (unpaired) electrons. The van der Waals surface area contributed by atoms with Crippen molar-refractivity contribution in [3.05, 3.63) is 83.4 Å². The van der Waals surface area contributed by atoms with Crippen LogP contribution < -0.4 is 19.7 Å². The Morgan fingerprint density at radius 3 is 2.41 bits per heavy atom. The predicted molar refractivity (Wildman–Crippen MR) is 134 cm³/mol. The van der Waals surface area contributed by atoms with Crippen molar-refractivity contribution in [2.45, 2.75) is 33.1 Å². The number of fused-ring (bicyclic) bond motifs is 1. The van der Waals surface area contributed by atoms with Gasteiger partial charge in [-0.15, -0.1) is 0 Å². The number of nitrogens with one attached hydrogen (secondary N) is 1. The fourth-order valence-electron chi connectivity index (χ4n) is 3.74. The summed E-state index contributed by atoms with van der Waals surface area (Å²) in [7, 11) is 0. The smallest absolute Gasteiger partial charge is 0.265 e. The molecule has 0 aliphatic carbocycles. The summed E-state index contributed by atoms with van der Waals surface area (Å²) in [5.41, 5.74) is 4.21. The van der Waals surface area contributed by atoms with E-state index in [2.05, 4.69) is 26.1 Å². The van der Waals surface area contributed by atoms with E-state index < -0.39 is 0 Å². The third-order valence-electron chi connectivity index (χ3n) is 5.78. The van der Waals surface area contributed by atoms with E-state index in [1.807, 2.05) is 55.5 Å². The minimum absolute atomic E-state index is 0.0271. The fourth-order valence-corrected chi connectivity index (χ4v) is 3.74. The SMILES string of the molecule is Cc1ccc(OCCN2C(=O)COc3cc(NC(=O)c4ccc(C(C)(C)C)cc4)ccc32)cc1. The first kappa shape index (κ1) is 23.4. The molecule has 0 unspecified atom stereocenters. The minimum atomic E-state index is -0.198. The standard InChI is InChI=1S/C28H30N2O4/c1-19-5-12-23(13-6-19)33-16-15-30-24-14-11-22(17-25(24)34-18-26(30)31)29-27(32)20-7-9-21(10-8-20)28(2,3)4/h5-14,17H,15-16,18H2,1-4H3,(H,29,32). The van der Waals surface area contributed by atoms with E-state index in [4.69, 9.17) is 9.47 Å². The van der Waals surface area contributed by atoms with Gasteiger partial charge in [0.1, 0.15) is 18.1 Å². The van der Waals surface area contributed by atoms with E-state index in [9.17, 15) is 9.59 Å². The van der Waals surface area contributed by atoms with Gasteiger partial charge in [-0.25, -0.2) is 0 Å². The van der Waals surface area contributed by atoms with Gasteiger partial charge in [-0.3, -0.25) is 9.59 Å². The van der Waals surface area contributed by atoms with Gasteiger partial charge in [0.2, 0.25) is 0 Å². The van der Waals surface area contributed by atoms with Gasteiger partial charge in [0, 0.05) is 17.3 Å². The van der Waals surface area contributed by atoms with Crippen LogP contribution in [0.5, 0.6) is 11.5 Å². The Balaban J connectivity index is 1.42. The van der Waals surface area contributed by atoms with Crippen molar-refractivity contribution in [1.29, 1.82) is 0 Å². The Kier molecular flexibility index (Phi) is 6.59. The van der Waals surface area contributed by atoms with Gasteiger partial charge in [-0.05, 0) is 54.3 Å². The normalized spacial score (nSPS) is 13.2. The second-order valence-electron chi connectivity index (χ2n) is 9.46. The average Bonchev–Trinajstić information content (AvgIpc) is 2.81. The predicted octanol–water partition coefficient (Wildman–Crippen LogP) is 5.35. The zero-order valence-electron chi connectivity index (χ0n) is 20.1. The van der Waals surface area contributed by atoms with Crippen LogP contribution in [0.2, 0.25) is 0 Å². The number of rotatable bonds is 6. The molecule has 0 bridgehead atoms. The van der Waals surface area contributed by atoms with Crippen molar-refractivity contribution in [2.75, 3.05) is 30.0 Å². The maximum absolute atomic E-state index is 12.7. The molecule has 6 heteroatoms. The minimum Gasteiger partial charge on any atom is -0.492 e. The lowest BCUT2D eigenvalue weighted by molar-refractivity contribution is -0.121. The van der Waals surface area contributed by atoms with Crippen molar-refractivity contribution in [1.82, 2.24) is 0 Å². The molecule has 176 valence electrons. The topological polar surface area (TPSA) is 67.9 Å². The van der Waals surface area contributed by atoms with E-state index in [-0.39, 0.29) is 23.8 Å². The summed E-state index contributed by atoms with van der Waals surface area (Å²) in [5, 5.41) is 2.91. The first-order chi connectivity index (χ1) is 16.2. The molecule has 1 aliphatic heterocycles. The molecule has 2 amide bonds. The molecule has 3 aromatic rings. The van der Waals surface area contributed by atoms with Gasteiger partial charge in [0.15, 0.2) is 6.61 Å². The molecule has 1 N–H and O–H groups in total. The van der Waals surface area contributed by atoms with Crippen molar-refractivity contribution in [2.24, 2.45) is 0 Å². The quantitative estimate of drug-likeness (QED) is 0.541. The van der Waals surface area contributed by atoms with Gasteiger partial charge in [0.25, 0.3) is 11.8 Å². The van der Waals surface area contributed by atoms with Gasteiger partial charge in [-0.1, -0.05) is 50.6 Å². The molecule has 6 nitrogen and oxygen atoms in total. The van der Waals surface area contributed by atoms with Gasteiger partial charge in [0.05, 0.1) is 12.2 Å². The summed E-state index contributed by atoms with van der Waals surface area (Å²) < 4.78 is 11.4. The lowest BCUT2D eigenvalue weighted by atomic mass is 9.87. The van der Waals surface area contributed by atoms with Gasteiger partial charge >= 0.3 is 0 Å². The molecule has 0 aromatic heterocycles. The van der Waals surface area contributed by atoms with Crippen molar-refractivity contribution < 1.29 is 19.1 Å². The van der Waals surface area contributed by atoms with E-state index in [1.165, 1.54) is 5.56 Å². The molecule has 4 rings (SSSR count). The molecule has 1 aliphatic rings. The number of benzene rings is 3. The lowest BCUT2D eigenvalue weighted by Crippen LogP contribution is -2.41. The van der Waals surface area contributed by atoms with Gasteiger partial charge < -0.3 is 19.7 Å². The average molecular weight is 459 g/mol. The van der Waals surface area contributed by atoms with E-state index in [1.54, 1.807) is 23.1 Å². The zero-order chi connectivity index (χ0) is 24.3. The fraction of sp³-hybridized carbons (Fsp3) is 0.286. The molecule has 34 heavy (non-hydrogen) atoms. The number of aryl methyl sites for hydroxylation is 1. The lowest BCUT2D eigenvalue weighted by Gasteiger charge is -2.29. The number of carbonyl (C=O) groups excluding carboxylic acids is 2. The second-order valence-corrected chi connectivity index (χ2v) is 9.46. The van der Waals surface area contributed by atoms with Crippen LogP contribution in [-0.4, -0.2) is 31.6 Å². The molecular formula is C28H30N2O4. The number of hydrogen-bond donors (Lipinski definition) is 1. The number of amides is 2. The molecule has 1 heterocycles. The van der Waals surface area contributed by atoms with E-state index >= 15 is 0 Å². The molecule has 0 spiro atoms. The van der Waals surface area contributed by atoms with Crippen molar-refractivity contribution >= 4 is 23.2 Å². The van der Waals surface area contributed by atoms with Crippen molar-refractivity contribution in [3.63, 3.8) is 0 Å².